The summed E-state index contributed by atoms with van der Waals surface area (Å²) in [6, 6.07) is 4.91. The van der Waals surface area contributed by atoms with Gasteiger partial charge >= 0.3 is 0 Å². The molecule has 24 heavy (non-hydrogen) atoms. The predicted molar refractivity (Wildman–Crippen MR) is 86.3 cm³/mol. The Hall–Kier alpha value is -2.90. The van der Waals surface area contributed by atoms with Crippen molar-refractivity contribution in [2.45, 2.75) is 31.8 Å². The van der Waals surface area contributed by atoms with Gasteiger partial charge in [-0.1, -0.05) is 0 Å². The molecule has 1 saturated heterocycles. The number of amides is 1. The molecule has 124 valence electrons. The first-order valence-electron chi connectivity index (χ1n) is 8.06. The molecule has 1 fully saturated rings. The van der Waals surface area contributed by atoms with E-state index in [4.69, 9.17) is 0 Å². The minimum Gasteiger partial charge on any atom is -0.332 e. The Morgan fingerprint density at radius 3 is 3.12 bits per heavy atom. The molecule has 3 aromatic rings. The van der Waals surface area contributed by atoms with Gasteiger partial charge in [0, 0.05) is 37.3 Å². The molecule has 1 aliphatic rings. The van der Waals surface area contributed by atoms with Crippen LogP contribution in [0.5, 0.6) is 0 Å². The van der Waals surface area contributed by atoms with Crippen molar-refractivity contribution >= 4 is 11.6 Å². The van der Waals surface area contributed by atoms with Crippen molar-refractivity contribution in [2.24, 2.45) is 0 Å². The number of hydrogen-bond acceptors (Lipinski definition) is 4. The van der Waals surface area contributed by atoms with Gasteiger partial charge in [-0.15, -0.1) is 0 Å². The van der Waals surface area contributed by atoms with Crippen LogP contribution in [0.1, 0.15) is 31.0 Å². The largest absolute Gasteiger partial charge is 0.332 e. The number of aromatic nitrogens is 5. The van der Waals surface area contributed by atoms with Gasteiger partial charge in [0.25, 0.3) is 5.56 Å². The quantitative estimate of drug-likeness (QED) is 0.777. The normalized spacial score (nSPS) is 18.2. The lowest BCUT2D eigenvalue weighted by atomic mass is 9.99. The third-order valence-corrected chi connectivity index (χ3v) is 4.42. The molecule has 4 heterocycles. The fourth-order valence-electron chi connectivity index (χ4n) is 3.28. The SMILES string of the molecule is O=C(Cn1cccn1)N1CCCCC1c1cc(=O)n2[nH]ccc2n1. The molecular formula is C16H18N6O2. The Morgan fingerprint density at radius 1 is 1.38 bits per heavy atom. The number of fused-ring (bicyclic) bond motifs is 1. The molecule has 1 unspecified atom stereocenters. The molecule has 1 atom stereocenters. The van der Waals surface area contributed by atoms with Gasteiger partial charge in [-0.2, -0.15) is 5.10 Å². The first-order valence-corrected chi connectivity index (χ1v) is 8.06. The van der Waals surface area contributed by atoms with E-state index in [0.717, 1.165) is 19.3 Å². The summed E-state index contributed by atoms with van der Waals surface area (Å²) in [6.07, 6.45) is 7.90. The maximum Gasteiger partial charge on any atom is 0.272 e. The second-order valence-electron chi connectivity index (χ2n) is 5.98. The molecule has 0 aromatic carbocycles. The number of carbonyl (C=O) groups is 1. The van der Waals surface area contributed by atoms with E-state index in [1.165, 1.54) is 10.6 Å². The van der Waals surface area contributed by atoms with Crippen LogP contribution in [0.15, 0.2) is 41.6 Å². The number of nitrogens with one attached hydrogen (secondary N) is 1. The van der Waals surface area contributed by atoms with Crippen LogP contribution < -0.4 is 5.56 Å². The van der Waals surface area contributed by atoms with Crippen LogP contribution in [0.3, 0.4) is 0 Å². The molecule has 4 rings (SSSR count). The van der Waals surface area contributed by atoms with E-state index in [1.807, 2.05) is 4.90 Å². The number of H-pyrrole nitrogens is 1. The van der Waals surface area contributed by atoms with Gasteiger partial charge in [0.15, 0.2) is 5.65 Å². The van der Waals surface area contributed by atoms with Crippen molar-refractivity contribution in [1.82, 2.24) is 29.3 Å². The van der Waals surface area contributed by atoms with Crippen LogP contribution in [-0.2, 0) is 11.3 Å². The van der Waals surface area contributed by atoms with Crippen molar-refractivity contribution in [1.29, 1.82) is 0 Å². The Balaban J connectivity index is 1.65. The van der Waals surface area contributed by atoms with E-state index in [-0.39, 0.29) is 24.1 Å². The van der Waals surface area contributed by atoms with E-state index < -0.39 is 0 Å². The average Bonchev–Trinajstić information content (AvgIpc) is 3.26. The van der Waals surface area contributed by atoms with Gasteiger partial charge in [-0.05, 0) is 25.3 Å². The van der Waals surface area contributed by atoms with Crippen molar-refractivity contribution in [3.8, 4) is 0 Å². The Labute approximate surface area is 137 Å². The molecule has 1 aliphatic heterocycles. The summed E-state index contributed by atoms with van der Waals surface area (Å²) in [5.74, 6) is -0.000493. The highest BCUT2D eigenvalue weighted by atomic mass is 16.2. The zero-order valence-corrected chi connectivity index (χ0v) is 13.1. The molecule has 1 N–H and O–H groups in total. The Morgan fingerprint density at radius 2 is 2.29 bits per heavy atom. The fourth-order valence-corrected chi connectivity index (χ4v) is 3.28. The zero-order chi connectivity index (χ0) is 16.5. The van der Waals surface area contributed by atoms with Crippen LogP contribution in [0, 0.1) is 0 Å². The zero-order valence-electron chi connectivity index (χ0n) is 13.1. The second-order valence-corrected chi connectivity index (χ2v) is 5.98. The lowest BCUT2D eigenvalue weighted by molar-refractivity contribution is -0.136. The van der Waals surface area contributed by atoms with E-state index in [0.29, 0.717) is 17.9 Å². The summed E-state index contributed by atoms with van der Waals surface area (Å²) in [5, 5.41) is 6.92. The highest BCUT2D eigenvalue weighted by molar-refractivity contribution is 5.76. The van der Waals surface area contributed by atoms with Gasteiger partial charge in [0.1, 0.15) is 6.54 Å². The molecule has 3 aromatic heterocycles. The van der Waals surface area contributed by atoms with E-state index in [1.54, 1.807) is 35.4 Å². The van der Waals surface area contributed by atoms with Crippen LogP contribution in [0.2, 0.25) is 0 Å². The van der Waals surface area contributed by atoms with Crippen molar-refractivity contribution in [3.63, 3.8) is 0 Å². The number of aromatic amines is 1. The van der Waals surface area contributed by atoms with E-state index in [2.05, 4.69) is 15.2 Å². The highest BCUT2D eigenvalue weighted by Gasteiger charge is 2.29. The smallest absolute Gasteiger partial charge is 0.272 e. The number of rotatable bonds is 3. The summed E-state index contributed by atoms with van der Waals surface area (Å²) >= 11 is 0. The average molecular weight is 326 g/mol. The molecule has 8 nitrogen and oxygen atoms in total. The summed E-state index contributed by atoms with van der Waals surface area (Å²) in [5.41, 5.74) is 1.07. The van der Waals surface area contributed by atoms with Crippen LogP contribution in [-0.4, -0.2) is 41.7 Å². The van der Waals surface area contributed by atoms with Crippen LogP contribution >= 0.6 is 0 Å². The number of hydrogen-bond donors (Lipinski definition) is 1. The minimum absolute atomic E-state index is 0.000493. The van der Waals surface area contributed by atoms with Gasteiger partial charge in [0.05, 0.1) is 11.7 Å². The van der Waals surface area contributed by atoms with Crippen LogP contribution in [0.25, 0.3) is 5.65 Å². The fraction of sp³-hybridized carbons (Fsp3) is 0.375. The lowest BCUT2D eigenvalue weighted by Gasteiger charge is -2.35. The molecule has 1 amide bonds. The first-order chi connectivity index (χ1) is 11.7. The standard InChI is InChI=1S/C16H18N6O2/c23-15-10-12(19-14-5-7-18-22(14)15)13-4-1-2-9-21(13)16(24)11-20-8-3-6-17-20/h3,5-8,10,13,18H,1-2,4,9,11H2. The Bertz CT molecular complexity index is 910. The van der Waals surface area contributed by atoms with Gasteiger partial charge < -0.3 is 4.90 Å². The third kappa shape index (κ3) is 2.60. The van der Waals surface area contributed by atoms with Gasteiger partial charge in [0.2, 0.25) is 5.91 Å². The molecule has 0 aliphatic carbocycles. The molecule has 0 saturated carbocycles. The summed E-state index contributed by atoms with van der Waals surface area (Å²) in [6.45, 7) is 0.883. The third-order valence-electron chi connectivity index (χ3n) is 4.42. The van der Waals surface area contributed by atoms with Crippen molar-refractivity contribution < 1.29 is 4.79 Å². The Kier molecular flexibility index (Phi) is 3.64. The summed E-state index contributed by atoms with van der Waals surface area (Å²) < 4.78 is 3.01. The maximum atomic E-state index is 12.7. The molecule has 8 heteroatoms. The number of piperidine rings is 1. The monoisotopic (exact) mass is 326 g/mol. The second kappa shape index (κ2) is 5.95. The lowest BCUT2D eigenvalue weighted by Crippen LogP contribution is -2.41. The summed E-state index contributed by atoms with van der Waals surface area (Å²) in [4.78, 5) is 31.3. The van der Waals surface area contributed by atoms with E-state index >= 15 is 0 Å². The van der Waals surface area contributed by atoms with Gasteiger partial charge in [-0.25, -0.2) is 9.50 Å². The first kappa shape index (κ1) is 14.7. The highest BCUT2D eigenvalue weighted by Crippen LogP contribution is 2.29. The molecule has 0 bridgehead atoms. The van der Waals surface area contributed by atoms with Gasteiger partial charge in [-0.3, -0.25) is 19.4 Å². The maximum absolute atomic E-state index is 12.7. The number of likely N-dealkylation sites (tertiary alicyclic amines) is 1. The van der Waals surface area contributed by atoms with Crippen LogP contribution in [0.4, 0.5) is 0 Å². The van der Waals surface area contributed by atoms with E-state index in [9.17, 15) is 9.59 Å². The van der Waals surface area contributed by atoms with Crippen molar-refractivity contribution in [3.05, 3.63) is 52.8 Å². The predicted octanol–water partition coefficient (Wildman–Crippen LogP) is 0.973. The molecular weight excluding hydrogens is 308 g/mol. The molecule has 0 radical (unpaired) electrons. The topological polar surface area (TPSA) is 88.3 Å². The minimum atomic E-state index is -0.162. The summed E-state index contributed by atoms with van der Waals surface area (Å²) in [7, 11) is 0. The number of nitrogens with zero attached hydrogens (tertiary/aromatic N) is 5. The van der Waals surface area contributed by atoms with Crippen molar-refractivity contribution in [2.75, 3.05) is 6.54 Å². The molecule has 0 spiro atoms. The number of carbonyl (C=O) groups excluding carboxylic acids is 1.